The van der Waals surface area contributed by atoms with E-state index in [0.717, 1.165) is 6.42 Å². The van der Waals surface area contributed by atoms with Gasteiger partial charge in [0, 0.05) is 11.7 Å². The van der Waals surface area contributed by atoms with Crippen LogP contribution in [0.2, 0.25) is 0 Å². The zero-order chi connectivity index (χ0) is 13.0. The van der Waals surface area contributed by atoms with Gasteiger partial charge in [-0.1, -0.05) is 13.8 Å². The van der Waals surface area contributed by atoms with Crippen LogP contribution in [0.1, 0.15) is 43.4 Å². The Labute approximate surface area is 102 Å². The number of amides is 1. The highest BCUT2D eigenvalue weighted by atomic mass is 16.1. The van der Waals surface area contributed by atoms with Crippen molar-refractivity contribution in [1.29, 1.82) is 0 Å². The number of nitrogens with one attached hydrogen (secondary N) is 1. The molecule has 0 fully saturated rings. The van der Waals surface area contributed by atoms with Gasteiger partial charge >= 0.3 is 0 Å². The first-order valence-electron chi connectivity index (χ1n) is 5.80. The third-order valence-electron chi connectivity index (χ3n) is 2.31. The van der Waals surface area contributed by atoms with Gasteiger partial charge in [0.15, 0.2) is 0 Å². The molecule has 1 unspecified atom stereocenters. The smallest absolute Gasteiger partial charge is 0.270 e. The number of carbonyl (C=O) groups excluding carboxylic acids is 1. The summed E-state index contributed by atoms with van der Waals surface area (Å²) in [6.07, 6.45) is 0.936. The van der Waals surface area contributed by atoms with E-state index in [1.54, 1.807) is 13.0 Å². The number of aromatic nitrogens is 2. The molecule has 1 heterocycles. The molecule has 0 aliphatic heterocycles. The van der Waals surface area contributed by atoms with Gasteiger partial charge in [0.25, 0.3) is 5.91 Å². The minimum Gasteiger partial charge on any atom is -0.368 e. The number of hydrogen-bond donors (Lipinski definition) is 2. The molecule has 0 aromatic carbocycles. The van der Waals surface area contributed by atoms with E-state index in [4.69, 9.17) is 5.73 Å². The van der Waals surface area contributed by atoms with Crippen molar-refractivity contribution >= 4 is 11.9 Å². The second-order valence-corrected chi connectivity index (χ2v) is 4.76. The topological polar surface area (TPSA) is 80.9 Å². The summed E-state index contributed by atoms with van der Waals surface area (Å²) in [5.74, 6) is 0.476. The lowest BCUT2D eigenvalue weighted by atomic mass is 10.1. The molecule has 5 nitrogen and oxygen atoms in total. The molecule has 0 aliphatic rings. The molecule has 1 aromatic rings. The number of nitrogens with zero attached hydrogens (tertiary/aromatic N) is 2. The maximum Gasteiger partial charge on any atom is 0.270 e. The number of aryl methyl sites for hydroxylation is 1. The highest BCUT2D eigenvalue weighted by Crippen LogP contribution is 2.06. The van der Waals surface area contributed by atoms with E-state index in [9.17, 15) is 4.79 Å². The van der Waals surface area contributed by atoms with E-state index >= 15 is 0 Å². The lowest BCUT2D eigenvalue weighted by Gasteiger charge is -2.15. The Morgan fingerprint density at radius 1 is 1.41 bits per heavy atom. The largest absolute Gasteiger partial charge is 0.368 e. The number of rotatable bonds is 4. The molecule has 0 bridgehead atoms. The monoisotopic (exact) mass is 236 g/mol. The minimum atomic E-state index is -0.199. The Bertz CT molecular complexity index is 383. The second kappa shape index (κ2) is 5.61. The molecule has 1 rings (SSSR count). The molecule has 1 aromatic heterocycles. The van der Waals surface area contributed by atoms with Crippen molar-refractivity contribution in [2.24, 2.45) is 5.92 Å². The summed E-state index contributed by atoms with van der Waals surface area (Å²) in [5, 5.41) is 2.90. The Balaban J connectivity index is 2.69. The zero-order valence-corrected chi connectivity index (χ0v) is 10.8. The molecular formula is C12H20N4O. The Hall–Kier alpha value is -1.65. The Morgan fingerprint density at radius 3 is 2.59 bits per heavy atom. The molecule has 1 amide bonds. The van der Waals surface area contributed by atoms with Gasteiger partial charge in [-0.05, 0) is 32.3 Å². The molecule has 3 N–H and O–H groups in total. The first-order chi connectivity index (χ1) is 7.88. The van der Waals surface area contributed by atoms with Gasteiger partial charge in [0.05, 0.1) is 0 Å². The van der Waals surface area contributed by atoms with Crippen molar-refractivity contribution in [3.63, 3.8) is 0 Å². The Morgan fingerprint density at radius 2 is 2.06 bits per heavy atom. The minimum absolute atomic E-state index is 0.124. The summed E-state index contributed by atoms with van der Waals surface area (Å²) in [5.41, 5.74) is 6.52. The summed E-state index contributed by atoms with van der Waals surface area (Å²) < 4.78 is 0. The molecule has 0 spiro atoms. The van der Waals surface area contributed by atoms with Gasteiger partial charge < -0.3 is 11.1 Å². The van der Waals surface area contributed by atoms with Crippen molar-refractivity contribution in [3.8, 4) is 0 Å². The van der Waals surface area contributed by atoms with Crippen molar-refractivity contribution in [2.75, 3.05) is 5.73 Å². The predicted molar refractivity (Wildman–Crippen MR) is 67.6 cm³/mol. The van der Waals surface area contributed by atoms with E-state index < -0.39 is 0 Å². The van der Waals surface area contributed by atoms with Crippen molar-refractivity contribution in [1.82, 2.24) is 15.3 Å². The van der Waals surface area contributed by atoms with Crippen molar-refractivity contribution < 1.29 is 4.79 Å². The van der Waals surface area contributed by atoms with E-state index in [0.29, 0.717) is 17.3 Å². The average Bonchev–Trinajstić information content (AvgIpc) is 2.14. The van der Waals surface area contributed by atoms with Crippen molar-refractivity contribution in [3.05, 3.63) is 17.5 Å². The quantitative estimate of drug-likeness (QED) is 0.830. The molecule has 94 valence electrons. The number of hydrogen-bond acceptors (Lipinski definition) is 4. The fraction of sp³-hybridized carbons (Fsp3) is 0.583. The summed E-state index contributed by atoms with van der Waals surface area (Å²) in [6.45, 7) is 8.01. The van der Waals surface area contributed by atoms with Gasteiger partial charge in [0.2, 0.25) is 5.95 Å². The van der Waals surface area contributed by atoms with Crippen LogP contribution in [0, 0.1) is 12.8 Å². The number of nitrogens with two attached hydrogens (primary N) is 1. The molecule has 0 radical (unpaired) electrons. The van der Waals surface area contributed by atoms with Crippen LogP contribution in [-0.4, -0.2) is 21.9 Å². The molecule has 17 heavy (non-hydrogen) atoms. The first kappa shape index (κ1) is 13.4. The van der Waals surface area contributed by atoms with Gasteiger partial charge in [-0.2, -0.15) is 0 Å². The van der Waals surface area contributed by atoms with Gasteiger partial charge in [-0.25, -0.2) is 9.97 Å². The lowest BCUT2D eigenvalue weighted by molar-refractivity contribution is 0.0931. The van der Waals surface area contributed by atoms with Gasteiger partial charge in [-0.15, -0.1) is 0 Å². The summed E-state index contributed by atoms with van der Waals surface area (Å²) in [4.78, 5) is 19.7. The van der Waals surface area contributed by atoms with Gasteiger partial charge in [-0.3, -0.25) is 4.79 Å². The van der Waals surface area contributed by atoms with Crippen LogP contribution in [0.4, 0.5) is 5.95 Å². The summed E-state index contributed by atoms with van der Waals surface area (Å²) in [7, 11) is 0. The van der Waals surface area contributed by atoms with Crippen LogP contribution in [0.25, 0.3) is 0 Å². The van der Waals surface area contributed by atoms with E-state index in [1.165, 1.54) is 0 Å². The molecule has 0 saturated heterocycles. The van der Waals surface area contributed by atoms with Gasteiger partial charge in [0.1, 0.15) is 5.69 Å². The maximum atomic E-state index is 11.9. The predicted octanol–water partition coefficient (Wildman–Crippen LogP) is 1.53. The summed E-state index contributed by atoms with van der Waals surface area (Å²) >= 11 is 0. The number of nitrogen functional groups attached to an aromatic ring is 1. The van der Waals surface area contributed by atoms with Crippen LogP contribution < -0.4 is 11.1 Å². The Kier molecular flexibility index (Phi) is 4.43. The molecular weight excluding hydrogens is 216 g/mol. The normalized spacial score (nSPS) is 12.5. The SMILES string of the molecule is Cc1cc(C(=O)NC(C)CC(C)C)nc(N)n1. The molecule has 0 aliphatic carbocycles. The summed E-state index contributed by atoms with van der Waals surface area (Å²) in [6, 6.07) is 1.76. The van der Waals surface area contributed by atoms with Crippen molar-refractivity contribution in [2.45, 2.75) is 40.2 Å². The molecule has 0 saturated carbocycles. The third-order valence-corrected chi connectivity index (χ3v) is 2.31. The van der Waals surface area contributed by atoms with E-state index in [1.807, 2.05) is 6.92 Å². The zero-order valence-electron chi connectivity index (χ0n) is 10.8. The van der Waals surface area contributed by atoms with E-state index in [2.05, 4.69) is 29.1 Å². The van der Waals surface area contributed by atoms with Crippen LogP contribution >= 0.6 is 0 Å². The molecule has 5 heteroatoms. The second-order valence-electron chi connectivity index (χ2n) is 4.76. The highest BCUT2D eigenvalue weighted by molar-refractivity contribution is 5.92. The van der Waals surface area contributed by atoms with Crippen LogP contribution in [0.15, 0.2) is 6.07 Å². The standard InChI is InChI=1S/C12H20N4O/c1-7(2)5-8(3)14-11(17)10-6-9(4)15-12(13)16-10/h6-8H,5H2,1-4H3,(H,14,17)(H2,13,15,16). The number of carbonyl (C=O) groups is 1. The lowest BCUT2D eigenvalue weighted by Crippen LogP contribution is -2.34. The first-order valence-corrected chi connectivity index (χ1v) is 5.80. The van der Waals surface area contributed by atoms with Crippen LogP contribution in [0.5, 0.6) is 0 Å². The van der Waals surface area contributed by atoms with E-state index in [-0.39, 0.29) is 17.9 Å². The number of anilines is 1. The average molecular weight is 236 g/mol. The third kappa shape index (κ3) is 4.38. The molecule has 1 atom stereocenters. The van der Waals surface area contributed by atoms with Crippen LogP contribution in [0.3, 0.4) is 0 Å². The van der Waals surface area contributed by atoms with Crippen LogP contribution in [-0.2, 0) is 0 Å². The fourth-order valence-electron chi connectivity index (χ4n) is 1.77. The highest BCUT2D eigenvalue weighted by Gasteiger charge is 2.13. The maximum absolute atomic E-state index is 11.9. The fourth-order valence-corrected chi connectivity index (χ4v) is 1.77.